The number of carbonyl (C=O) groups is 3. The third kappa shape index (κ3) is 13.6. The highest BCUT2D eigenvalue weighted by Gasteiger charge is 2.64. The minimum atomic E-state index is -1.65. The first-order chi connectivity index (χ1) is 41.9. The molecule has 500 valence electrons. The molecule has 1 saturated carbocycles. The van der Waals surface area contributed by atoms with Gasteiger partial charge in [0.25, 0.3) is 0 Å². The summed E-state index contributed by atoms with van der Waals surface area (Å²) in [5, 5.41) is 71.5. The summed E-state index contributed by atoms with van der Waals surface area (Å²) in [6.07, 6.45) is 1.51. The van der Waals surface area contributed by atoms with E-state index >= 15 is 4.79 Å². The summed E-state index contributed by atoms with van der Waals surface area (Å²) in [5.41, 5.74) is -3.01. The smallest absolute Gasteiger partial charge is 0.346 e. The van der Waals surface area contributed by atoms with Gasteiger partial charge in [0.05, 0.1) is 78.8 Å². The Morgan fingerprint density at radius 2 is 1.28 bits per heavy atom. The molecule has 10 rings (SSSR count). The van der Waals surface area contributed by atoms with Gasteiger partial charge < -0.3 is 88.1 Å². The largest absolute Gasteiger partial charge is 0.511 e. The highest BCUT2D eigenvalue weighted by molar-refractivity contribution is 6.26. The van der Waals surface area contributed by atoms with Crippen molar-refractivity contribution < 1.29 is 97.1 Å². The Kier molecular flexibility index (Phi) is 20.8. The number of Topliss-reactive ketones (excluding diaryl/α,β-unsaturated/α-hetero) is 1. The lowest BCUT2D eigenvalue weighted by atomic mass is 9.49. The molecule has 31 unspecified atom stereocenters. The van der Waals surface area contributed by atoms with E-state index in [1.165, 1.54) is 6.92 Å². The Morgan fingerprint density at radius 3 is 1.93 bits per heavy atom. The van der Waals surface area contributed by atoms with Crippen LogP contribution in [-0.2, 0) is 66.5 Å². The van der Waals surface area contributed by atoms with E-state index in [0.717, 1.165) is 24.0 Å². The number of amides is 1. The van der Waals surface area contributed by atoms with Crippen LogP contribution in [-0.4, -0.2) is 182 Å². The number of aliphatic hydroxyl groups is 6. The van der Waals surface area contributed by atoms with E-state index in [-0.39, 0.29) is 78.9 Å². The van der Waals surface area contributed by atoms with Gasteiger partial charge in [-0.1, -0.05) is 83.1 Å². The SMILES string of the molecule is CCCC1C=CC2/C=C(/C)C(OC3CC(C)(O)C(NC(C)=O)C(C)O3)C(C)/C=C(/C)C3C=CC4C(OC5CC(O)C(OC6CC(OC7CCC(O)C(C)O7)C(OC7CC(O)C(O)C(C)O7)C(C)O6)C(C)O5)C(C)CC(C)C4C3(C)/C(O)=C3/C(=O)OC2(C1)C3=O. The predicted octanol–water partition coefficient (Wildman–Crippen LogP) is 6.99. The van der Waals surface area contributed by atoms with Crippen molar-refractivity contribution >= 4 is 17.7 Å². The van der Waals surface area contributed by atoms with E-state index in [9.17, 15) is 40.2 Å². The molecule has 7 fully saturated rings. The van der Waals surface area contributed by atoms with Crippen molar-refractivity contribution in [3.05, 3.63) is 58.9 Å². The summed E-state index contributed by atoms with van der Waals surface area (Å²) in [6, 6.07) is -0.685. The lowest BCUT2D eigenvalue weighted by Crippen LogP contribution is -2.62. The molecule has 0 radical (unpaired) electrons. The van der Waals surface area contributed by atoms with Gasteiger partial charge in [0.15, 0.2) is 37.1 Å². The number of ketones is 1. The van der Waals surface area contributed by atoms with Gasteiger partial charge in [-0.15, -0.1) is 0 Å². The minimum Gasteiger partial charge on any atom is -0.511 e. The van der Waals surface area contributed by atoms with Crippen molar-refractivity contribution in [2.45, 2.75) is 295 Å². The van der Waals surface area contributed by atoms with E-state index in [4.69, 9.17) is 52.1 Å². The zero-order valence-corrected chi connectivity index (χ0v) is 54.6. The molecule has 21 nitrogen and oxygen atoms in total. The normalized spacial score (nSPS) is 51.6. The number of carbonyl (C=O) groups excluding carboxylic acids is 3. The van der Waals surface area contributed by atoms with Crippen molar-refractivity contribution in [1.29, 1.82) is 0 Å². The monoisotopic (exact) mass is 1250 g/mol. The van der Waals surface area contributed by atoms with Crippen LogP contribution < -0.4 is 5.32 Å². The van der Waals surface area contributed by atoms with E-state index in [1.807, 2.05) is 46.8 Å². The number of rotatable bonds is 13. The summed E-state index contributed by atoms with van der Waals surface area (Å²) in [6.45, 7) is 26.3. The van der Waals surface area contributed by atoms with Crippen LogP contribution >= 0.6 is 0 Å². The fraction of sp³-hybridized carbons (Fsp3) is 0.809. The maximum atomic E-state index is 15.7. The van der Waals surface area contributed by atoms with Gasteiger partial charge in [0.1, 0.15) is 29.6 Å². The minimum absolute atomic E-state index is 0.0322. The molecular weight excluding hydrogens is 1150 g/mol. The third-order valence-electron chi connectivity index (χ3n) is 21.7. The van der Waals surface area contributed by atoms with E-state index in [2.05, 4.69) is 57.3 Å². The Hall–Kier alpha value is -3.49. The zero-order chi connectivity index (χ0) is 64.5. The first kappa shape index (κ1) is 68.4. The Morgan fingerprint density at radius 1 is 0.652 bits per heavy atom. The van der Waals surface area contributed by atoms with Crippen LogP contribution in [0.25, 0.3) is 0 Å². The van der Waals surface area contributed by atoms with Crippen molar-refractivity contribution in [3.63, 3.8) is 0 Å². The third-order valence-corrected chi connectivity index (χ3v) is 21.7. The molecule has 0 aromatic heterocycles. The summed E-state index contributed by atoms with van der Waals surface area (Å²) < 4.78 is 71.9. The van der Waals surface area contributed by atoms with Gasteiger partial charge >= 0.3 is 5.97 Å². The Balaban J connectivity index is 0.918. The molecule has 6 aliphatic heterocycles. The molecule has 1 spiro atoms. The number of hydrogen-bond acceptors (Lipinski definition) is 20. The summed E-state index contributed by atoms with van der Waals surface area (Å²) in [4.78, 5) is 42.8. The van der Waals surface area contributed by atoms with Crippen LogP contribution in [0.15, 0.2) is 58.9 Å². The molecule has 21 heteroatoms. The topological polar surface area (TPSA) is 286 Å². The Bertz CT molecular complexity index is 2690. The van der Waals surface area contributed by atoms with Gasteiger partial charge in [0.2, 0.25) is 11.7 Å². The maximum Gasteiger partial charge on any atom is 0.346 e. The van der Waals surface area contributed by atoms with Gasteiger partial charge in [-0.2, -0.15) is 0 Å². The van der Waals surface area contributed by atoms with Crippen LogP contribution in [0.5, 0.6) is 0 Å². The van der Waals surface area contributed by atoms with E-state index in [1.54, 1.807) is 27.7 Å². The van der Waals surface area contributed by atoms with E-state index < -0.39 is 169 Å². The van der Waals surface area contributed by atoms with Crippen LogP contribution in [0.3, 0.4) is 0 Å². The molecule has 10 aliphatic rings. The molecule has 6 heterocycles. The fourth-order valence-electron chi connectivity index (χ4n) is 17.3. The lowest BCUT2D eigenvalue weighted by Gasteiger charge is -2.57. The summed E-state index contributed by atoms with van der Waals surface area (Å²) >= 11 is 0. The van der Waals surface area contributed by atoms with E-state index in [0.29, 0.717) is 19.3 Å². The summed E-state index contributed by atoms with van der Waals surface area (Å²) in [7, 11) is 0. The second-order valence-electron chi connectivity index (χ2n) is 28.7. The number of allylic oxidation sites excluding steroid dienone is 4. The molecule has 0 aromatic rings. The van der Waals surface area contributed by atoms with Crippen LogP contribution in [0.1, 0.15) is 161 Å². The summed E-state index contributed by atoms with van der Waals surface area (Å²) in [5.74, 6) is -4.57. The molecule has 4 aliphatic carbocycles. The fourth-order valence-corrected chi connectivity index (χ4v) is 17.3. The number of hydrogen-bond donors (Lipinski definition) is 7. The molecule has 89 heavy (non-hydrogen) atoms. The molecule has 6 saturated heterocycles. The Labute approximate surface area is 525 Å². The zero-order valence-electron chi connectivity index (χ0n) is 54.6. The first-order valence-corrected chi connectivity index (χ1v) is 33.2. The number of esters is 1. The highest BCUT2D eigenvalue weighted by atomic mass is 16.8. The van der Waals surface area contributed by atoms with Crippen LogP contribution in [0.4, 0.5) is 0 Å². The van der Waals surface area contributed by atoms with Crippen molar-refractivity contribution in [2.75, 3.05) is 0 Å². The molecule has 7 N–H and O–H groups in total. The average Bonchev–Trinajstić information content (AvgIpc) is 1.70. The maximum absolute atomic E-state index is 15.7. The van der Waals surface area contributed by atoms with Crippen molar-refractivity contribution in [1.82, 2.24) is 5.32 Å². The molecular formula is C68H103NO20. The van der Waals surface area contributed by atoms with Crippen molar-refractivity contribution in [2.24, 2.45) is 52.8 Å². The van der Waals surface area contributed by atoms with Gasteiger partial charge in [-0.25, -0.2) is 4.79 Å². The van der Waals surface area contributed by atoms with Gasteiger partial charge in [0, 0.05) is 74.5 Å². The second-order valence-corrected chi connectivity index (χ2v) is 28.7. The average molecular weight is 1250 g/mol. The predicted molar refractivity (Wildman–Crippen MR) is 322 cm³/mol. The molecule has 0 aromatic carbocycles. The van der Waals surface area contributed by atoms with Gasteiger partial charge in [-0.05, 0) is 104 Å². The highest BCUT2D eigenvalue weighted by Crippen LogP contribution is 2.61. The molecule has 2 bridgehead atoms. The number of aliphatic hydroxyl groups excluding tert-OH is 5. The number of nitrogens with one attached hydrogen (secondary N) is 1. The quantitative estimate of drug-likeness (QED) is 0.0556. The number of fused-ring (bicyclic) bond motifs is 4. The number of ether oxygens (including phenoxy) is 11. The second kappa shape index (κ2) is 27.1. The van der Waals surface area contributed by atoms with Crippen molar-refractivity contribution in [3.8, 4) is 0 Å². The van der Waals surface area contributed by atoms with Crippen LogP contribution in [0, 0.1) is 52.8 Å². The molecule has 1 amide bonds. The standard InChI is InChI=1S/C68H103NO20/c1-15-16-42-17-18-43-25-35(6)58(88-54-30-66(13,78)62(40(11)83-54)69-41(12)70)33(4)23-31(2)45-20-19-44-56(67(45,14)63(75)55-64(76)68(43,29-42)89-65(55)77)32(3)24-34(5)59(44)85-52-27-48(73)60(38(9)81-52)86-53-28-49(84-50-22-21-46(71)36(7)79-50)61(39(10)82-53)87-51-26-47(72)57(74)37(8)80-51/h17-20,23,25,32-34,36-40,42-54,56-62,71-75,78H,15-16,21-22,24,26-30H2,1-14H3,(H,69,70)/b31-23-,35-25-,63-55-. The molecule has 31 atom stereocenters. The van der Waals surface area contributed by atoms with Crippen LogP contribution in [0.2, 0.25) is 0 Å². The van der Waals surface area contributed by atoms with Gasteiger partial charge in [-0.3, -0.25) is 9.59 Å². The lowest BCUT2D eigenvalue weighted by molar-refractivity contribution is -0.352. The first-order valence-electron chi connectivity index (χ1n) is 33.2.